The van der Waals surface area contributed by atoms with Crippen molar-refractivity contribution in [1.82, 2.24) is 10.2 Å². The first-order valence-corrected chi connectivity index (χ1v) is 10.4. The fourth-order valence-electron chi connectivity index (χ4n) is 3.51. The van der Waals surface area contributed by atoms with Crippen molar-refractivity contribution in [3.8, 4) is 0 Å². The summed E-state index contributed by atoms with van der Waals surface area (Å²) < 4.78 is 5.49. The van der Waals surface area contributed by atoms with Crippen molar-refractivity contribution in [1.29, 1.82) is 0 Å². The number of halogens is 2. The van der Waals surface area contributed by atoms with Gasteiger partial charge in [-0.25, -0.2) is 0 Å². The molecule has 1 fully saturated rings. The van der Waals surface area contributed by atoms with E-state index in [4.69, 9.17) is 27.9 Å². The number of aryl methyl sites for hydroxylation is 2. The second-order valence-electron chi connectivity index (χ2n) is 7.10. The van der Waals surface area contributed by atoms with Crippen molar-refractivity contribution in [2.45, 2.75) is 25.8 Å². The Morgan fingerprint density at radius 1 is 1.18 bits per heavy atom. The summed E-state index contributed by atoms with van der Waals surface area (Å²) in [5.41, 5.74) is 3.34. The lowest BCUT2D eigenvalue weighted by atomic mass is 10.0. The molecular formula is C22H26Cl2N2O2. The molecule has 0 bridgehead atoms. The zero-order valence-corrected chi connectivity index (χ0v) is 17.6. The van der Waals surface area contributed by atoms with E-state index in [0.29, 0.717) is 29.4 Å². The highest BCUT2D eigenvalue weighted by molar-refractivity contribution is 6.42. The van der Waals surface area contributed by atoms with Gasteiger partial charge in [-0.2, -0.15) is 0 Å². The topological polar surface area (TPSA) is 41.6 Å². The third-order valence-corrected chi connectivity index (χ3v) is 5.92. The van der Waals surface area contributed by atoms with E-state index in [2.05, 4.69) is 41.4 Å². The lowest BCUT2D eigenvalue weighted by Gasteiger charge is -2.35. The Hall–Kier alpha value is -1.59. The van der Waals surface area contributed by atoms with E-state index >= 15 is 0 Å². The van der Waals surface area contributed by atoms with Gasteiger partial charge in [0, 0.05) is 26.1 Å². The molecule has 1 heterocycles. The molecule has 1 N–H and O–H groups in total. The van der Waals surface area contributed by atoms with Crippen molar-refractivity contribution in [3.63, 3.8) is 0 Å². The summed E-state index contributed by atoms with van der Waals surface area (Å²) in [6.45, 7) is 5.85. The Morgan fingerprint density at radius 3 is 2.68 bits per heavy atom. The minimum atomic E-state index is 0.0157. The number of hydrogen-bond donors (Lipinski definition) is 1. The van der Waals surface area contributed by atoms with Crippen molar-refractivity contribution >= 4 is 29.1 Å². The average Bonchev–Trinajstić information content (AvgIpc) is 2.70. The molecule has 2 aromatic carbocycles. The fraction of sp³-hybridized carbons (Fsp3) is 0.409. The molecule has 4 nitrogen and oxygen atoms in total. The van der Waals surface area contributed by atoms with Crippen LogP contribution in [0, 0.1) is 6.92 Å². The largest absolute Gasteiger partial charge is 0.379 e. The number of rotatable bonds is 7. The number of carbonyl (C=O) groups is 1. The summed E-state index contributed by atoms with van der Waals surface area (Å²) in [5.74, 6) is 0.0157. The van der Waals surface area contributed by atoms with Crippen LogP contribution in [-0.2, 0) is 16.0 Å². The van der Waals surface area contributed by atoms with Gasteiger partial charge in [0.15, 0.2) is 0 Å². The smallest absolute Gasteiger partial charge is 0.220 e. The molecule has 1 aliphatic rings. The number of nitrogens with one attached hydrogen (secondary N) is 1. The maximum absolute atomic E-state index is 12.5. The maximum atomic E-state index is 12.5. The summed E-state index contributed by atoms with van der Waals surface area (Å²) in [7, 11) is 0. The molecule has 6 heteroatoms. The van der Waals surface area contributed by atoms with Crippen LogP contribution in [0.4, 0.5) is 0 Å². The average molecular weight is 421 g/mol. The molecule has 0 spiro atoms. The van der Waals surface area contributed by atoms with Crippen LogP contribution in [0.3, 0.4) is 0 Å². The number of nitrogens with zero attached hydrogens (tertiary/aromatic N) is 1. The summed E-state index contributed by atoms with van der Waals surface area (Å²) >= 11 is 12.3. The molecule has 0 aromatic heterocycles. The quantitative estimate of drug-likeness (QED) is 0.720. The van der Waals surface area contributed by atoms with Crippen LogP contribution in [0.2, 0.25) is 10.0 Å². The SMILES string of the molecule is Cc1cccc(C(CNC(=O)CCc2cccc(Cl)c2Cl)N2CCOCC2)c1. The van der Waals surface area contributed by atoms with Gasteiger partial charge in [-0.15, -0.1) is 0 Å². The molecule has 1 amide bonds. The third-order valence-electron chi connectivity index (χ3n) is 5.06. The third kappa shape index (κ3) is 5.71. The van der Waals surface area contributed by atoms with Crippen molar-refractivity contribution in [2.24, 2.45) is 0 Å². The number of carbonyl (C=O) groups excluding carboxylic acids is 1. The summed E-state index contributed by atoms with van der Waals surface area (Å²) in [4.78, 5) is 14.8. The van der Waals surface area contributed by atoms with Gasteiger partial charge in [0.1, 0.15) is 0 Å². The molecular weight excluding hydrogens is 395 g/mol. The number of hydrogen-bond acceptors (Lipinski definition) is 3. The summed E-state index contributed by atoms with van der Waals surface area (Å²) in [6.07, 6.45) is 0.946. The number of amides is 1. The van der Waals surface area contributed by atoms with Gasteiger partial charge in [0.05, 0.1) is 29.3 Å². The van der Waals surface area contributed by atoms with Crippen LogP contribution in [0.5, 0.6) is 0 Å². The van der Waals surface area contributed by atoms with Gasteiger partial charge >= 0.3 is 0 Å². The Morgan fingerprint density at radius 2 is 1.93 bits per heavy atom. The van der Waals surface area contributed by atoms with E-state index in [1.807, 2.05) is 12.1 Å². The van der Waals surface area contributed by atoms with E-state index < -0.39 is 0 Å². The minimum Gasteiger partial charge on any atom is -0.379 e. The lowest BCUT2D eigenvalue weighted by molar-refractivity contribution is -0.121. The molecule has 1 atom stereocenters. The van der Waals surface area contributed by atoms with Crippen LogP contribution in [0.15, 0.2) is 42.5 Å². The Bertz CT molecular complexity index is 807. The first-order valence-electron chi connectivity index (χ1n) is 9.62. The second kappa shape index (κ2) is 10.3. The van der Waals surface area contributed by atoms with Crippen molar-refractivity contribution in [3.05, 3.63) is 69.2 Å². The molecule has 3 rings (SSSR count). The molecule has 150 valence electrons. The molecule has 0 aliphatic carbocycles. The van der Waals surface area contributed by atoms with Crippen LogP contribution in [-0.4, -0.2) is 43.7 Å². The predicted molar refractivity (Wildman–Crippen MR) is 114 cm³/mol. The number of benzene rings is 2. The van der Waals surface area contributed by atoms with Gasteiger partial charge in [0.2, 0.25) is 5.91 Å². The van der Waals surface area contributed by atoms with E-state index in [1.54, 1.807) is 6.07 Å². The van der Waals surface area contributed by atoms with Crippen LogP contribution >= 0.6 is 23.2 Å². The van der Waals surface area contributed by atoms with Crippen molar-refractivity contribution < 1.29 is 9.53 Å². The van der Waals surface area contributed by atoms with Gasteiger partial charge < -0.3 is 10.1 Å². The van der Waals surface area contributed by atoms with E-state index in [0.717, 1.165) is 31.9 Å². The van der Waals surface area contributed by atoms with Crippen molar-refractivity contribution in [2.75, 3.05) is 32.8 Å². The van der Waals surface area contributed by atoms with Crippen LogP contribution in [0.1, 0.15) is 29.2 Å². The zero-order chi connectivity index (χ0) is 19.9. The van der Waals surface area contributed by atoms with Crippen LogP contribution < -0.4 is 5.32 Å². The molecule has 1 unspecified atom stereocenters. The first-order chi connectivity index (χ1) is 13.5. The standard InChI is InChI=1S/C22H26Cl2N2O2/c1-16-4-2-6-18(14-16)20(26-10-12-28-13-11-26)15-25-21(27)9-8-17-5-3-7-19(23)22(17)24/h2-7,14,20H,8-13,15H2,1H3,(H,25,27). The Balaban J connectivity index is 1.61. The van der Waals surface area contributed by atoms with Gasteiger partial charge in [-0.3, -0.25) is 9.69 Å². The van der Waals surface area contributed by atoms with Gasteiger partial charge in [0.25, 0.3) is 0 Å². The van der Waals surface area contributed by atoms with Crippen LogP contribution in [0.25, 0.3) is 0 Å². The number of ether oxygens (including phenoxy) is 1. The normalized spacial score (nSPS) is 16.0. The monoisotopic (exact) mass is 420 g/mol. The molecule has 0 radical (unpaired) electrons. The van der Waals surface area contributed by atoms with Gasteiger partial charge in [-0.1, -0.05) is 65.2 Å². The summed E-state index contributed by atoms with van der Waals surface area (Å²) in [6, 6.07) is 14.1. The maximum Gasteiger partial charge on any atom is 0.220 e. The van der Waals surface area contributed by atoms with E-state index in [1.165, 1.54) is 11.1 Å². The first kappa shape index (κ1) is 21.1. The molecule has 0 saturated carbocycles. The van der Waals surface area contributed by atoms with E-state index in [-0.39, 0.29) is 11.9 Å². The molecule has 1 aliphatic heterocycles. The molecule has 1 saturated heterocycles. The highest BCUT2D eigenvalue weighted by Crippen LogP contribution is 2.26. The van der Waals surface area contributed by atoms with E-state index in [9.17, 15) is 4.79 Å². The zero-order valence-electron chi connectivity index (χ0n) is 16.1. The highest BCUT2D eigenvalue weighted by atomic mass is 35.5. The molecule has 28 heavy (non-hydrogen) atoms. The predicted octanol–water partition coefficient (Wildman–Crippen LogP) is 4.42. The molecule has 2 aromatic rings. The minimum absolute atomic E-state index is 0.0157. The lowest BCUT2D eigenvalue weighted by Crippen LogP contribution is -2.43. The summed E-state index contributed by atoms with van der Waals surface area (Å²) in [5, 5.41) is 4.16. The van der Waals surface area contributed by atoms with Gasteiger partial charge in [-0.05, 0) is 30.5 Å². The Labute approximate surface area is 176 Å². The second-order valence-corrected chi connectivity index (χ2v) is 7.88. The number of morpholine rings is 1. The Kier molecular flexibility index (Phi) is 7.74. The highest BCUT2D eigenvalue weighted by Gasteiger charge is 2.23. The fourth-order valence-corrected chi connectivity index (χ4v) is 3.93.